The molecular weight excluding hydrogens is 292 g/mol. The Balaban J connectivity index is 2.04. The predicted molar refractivity (Wildman–Crippen MR) is 74.7 cm³/mol. The normalized spacial score (nSPS) is 15.7. The number of primary sulfonamides is 1. The largest absolute Gasteiger partial charge is 0.296 e. The SMILES string of the molecule is NS(=O)(=O)c1ccc(-n2nnc(C=O)c2C2CCC2)cc1. The highest BCUT2D eigenvalue weighted by atomic mass is 32.2. The van der Waals surface area contributed by atoms with Crippen LogP contribution in [-0.4, -0.2) is 29.7 Å². The average molecular weight is 306 g/mol. The predicted octanol–water partition coefficient (Wildman–Crippen LogP) is 0.995. The summed E-state index contributed by atoms with van der Waals surface area (Å²) in [4.78, 5) is 11.1. The minimum Gasteiger partial charge on any atom is -0.296 e. The second kappa shape index (κ2) is 5.05. The van der Waals surface area contributed by atoms with Crippen molar-refractivity contribution < 1.29 is 13.2 Å². The van der Waals surface area contributed by atoms with E-state index in [1.165, 1.54) is 12.1 Å². The quantitative estimate of drug-likeness (QED) is 0.848. The van der Waals surface area contributed by atoms with Crippen LogP contribution >= 0.6 is 0 Å². The van der Waals surface area contributed by atoms with E-state index in [1.807, 2.05) is 0 Å². The smallest absolute Gasteiger partial charge is 0.238 e. The van der Waals surface area contributed by atoms with E-state index < -0.39 is 10.0 Å². The zero-order valence-electron chi connectivity index (χ0n) is 11.1. The van der Waals surface area contributed by atoms with Gasteiger partial charge < -0.3 is 0 Å². The third-order valence-corrected chi connectivity index (χ3v) is 4.68. The van der Waals surface area contributed by atoms with Gasteiger partial charge in [0.25, 0.3) is 0 Å². The highest BCUT2D eigenvalue weighted by Crippen LogP contribution is 2.38. The number of aromatic nitrogens is 3. The lowest BCUT2D eigenvalue weighted by atomic mass is 9.82. The third kappa shape index (κ3) is 2.47. The summed E-state index contributed by atoms with van der Waals surface area (Å²) < 4.78 is 24.1. The van der Waals surface area contributed by atoms with Crippen molar-refractivity contribution in [1.29, 1.82) is 0 Å². The van der Waals surface area contributed by atoms with Crippen molar-refractivity contribution in [3.05, 3.63) is 35.7 Å². The highest BCUT2D eigenvalue weighted by molar-refractivity contribution is 7.89. The molecule has 0 saturated heterocycles. The van der Waals surface area contributed by atoms with E-state index in [0.717, 1.165) is 25.0 Å². The molecule has 1 fully saturated rings. The number of benzene rings is 1. The van der Waals surface area contributed by atoms with Crippen LogP contribution in [0.3, 0.4) is 0 Å². The van der Waals surface area contributed by atoms with Crippen LogP contribution in [0.1, 0.15) is 41.4 Å². The van der Waals surface area contributed by atoms with E-state index in [2.05, 4.69) is 10.3 Å². The zero-order chi connectivity index (χ0) is 15.0. The summed E-state index contributed by atoms with van der Waals surface area (Å²) >= 11 is 0. The molecule has 0 spiro atoms. The molecule has 0 unspecified atom stereocenters. The number of hydrogen-bond donors (Lipinski definition) is 1. The molecule has 7 nitrogen and oxygen atoms in total. The molecule has 0 aliphatic heterocycles. The van der Waals surface area contributed by atoms with Gasteiger partial charge in [-0.3, -0.25) is 4.79 Å². The monoisotopic (exact) mass is 306 g/mol. The minimum absolute atomic E-state index is 0.0344. The first kappa shape index (κ1) is 13.9. The van der Waals surface area contributed by atoms with E-state index >= 15 is 0 Å². The molecule has 1 aromatic carbocycles. The van der Waals surface area contributed by atoms with Gasteiger partial charge in [-0.25, -0.2) is 18.2 Å². The van der Waals surface area contributed by atoms with Gasteiger partial charge in [0.1, 0.15) is 5.69 Å². The number of nitrogens with two attached hydrogens (primary N) is 1. The summed E-state index contributed by atoms with van der Waals surface area (Å²) in [6.07, 6.45) is 3.83. The number of nitrogens with zero attached hydrogens (tertiary/aromatic N) is 3. The molecule has 2 N–H and O–H groups in total. The molecule has 1 heterocycles. The van der Waals surface area contributed by atoms with E-state index in [9.17, 15) is 13.2 Å². The molecule has 0 bridgehead atoms. The third-order valence-electron chi connectivity index (χ3n) is 3.75. The van der Waals surface area contributed by atoms with Crippen molar-refractivity contribution >= 4 is 16.3 Å². The summed E-state index contributed by atoms with van der Waals surface area (Å²) in [5.74, 6) is 0.276. The molecule has 21 heavy (non-hydrogen) atoms. The fraction of sp³-hybridized carbons (Fsp3) is 0.308. The molecule has 1 aliphatic carbocycles. The Hall–Kier alpha value is -2.06. The van der Waals surface area contributed by atoms with Crippen LogP contribution in [0.2, 0.25) is 0 Å². The van der Waals surface area contributed by atoms with Gasteiger partial charge in [0, 0.05) is 5.92 Å². The first-order valence-corrected chi connectivity index (χ1v) is 8.09. The van der Waals surface area contributed by atoms with Gasteiger partial charge in [-0.2, -0.15) is 0 Å². The molecule has 3 rings (SSSR count). The summed E-state index contributed by atoms with van der Waals surface area (Å²) in [7, 11) is -3.72. The van der Waals surface area contributed by atoms with Crippen LogP contribution in [0.15, 0.2) is 29.2 Å². The summed E-state index contributed by atoms with van der Waals surface area (Å²) in [6.45, 7) is 0. The summed E-state index contributed by atoms with van der Waals surface area (Å²) in [5, 5.41) is 13.0. The Kier molecular flexibility index (Phi) is 3.34. The molecule has 2 aromatic rings. The van der Waals surface area contributed by atoms with Gasteiger partial charge in [0.15, 0.2) is 6.29 Å². The van der Waals surface area contributed by atoms with Crippen molar-refractivity contribution in [1.82, 2.24) is 15.0 Å². The molecule has 1 saturated carbocycles. The first-order chi connectivity index (χ1) is 10.0. The van der Waals surface area contributed by atoms with Crippen LogP contribution in [0, 0.1) is 0 Å². The molecule has 0 amide bonds. The maximum atomic E-state index is 11.3. The molecule has 1 aromatic heterocycles. The fourth-order valence-corrected chi connectivity index (χ4v) is 2.93. The van der Waals surface area contributed by atoms with Crippen LogP contribution in [0.4, 0.5) is 0 Å². The Morgan fingerprint density at radius 3 is 2.38 bits per heavy atom. The minimum atomic E-state index is -3.72. The van der Waals surface area contributed by atoms with Crippen LogP contribution in [0.5, 0.6) is 0 Å². The Morgan fingerprint density at radius 1 is 1.24 bits per heavy atom. The second-order valence-corrected chi connectivity index (χ2v) is 6.62. The van der Waals surface area contributed by atoms with Crippen LogP contribution in [0.25, 0.3) is 5.69 Å². The van der Waals surface area contributed by atoms with Gasteiger partial charge in [0.2, 0.25) is 10.0 Å². The number of carbonyl (C=O) groups is 1. The Morgan fingerprint density at radius 2 is 1.90 bits per heavy atom. The average Bonchev–Trinajstić information content (AvgIpc) is 2.79. The summed E-state index contributed by atoms with van der Waals surface area (Å²) in [6, 6.07) is 6.03. The Labute approximate surface area is 121 Å². The maximum absolute atomic E-state index is 11.3. The van der Waals surface area contributed by atoms with Crippen molar-refractivity contribution in [3.63, 3.8) is 0 Å². The van der Waals surface area contributed by atoms with Crippen molar-refractivity contribution in [2.45, 2.75) is 30.1 Å². The fourth-order valence-electron chi connectivity index (χ4n) is 2.42. The Bertz CT molecular complexity index is 776. The van der Waals surface area contributed by atoms with Gasteiger partial charge in [-0.1, -0.05) is 11.6 Å². The van der Waals surface area contributed by atoms with Crippen molar-refractivity contribution in [3.8, 4) is 5.69 Å². The molecule has 8 heteroatoms. The van der Waals surface area contributed by atoms with E-state index in [0.29, 0.717) is 17.7 Å². The van der Waals surface area contributed by atoms with Crippen LogP contribution < -0.4 is 5.14 Å². The van der Waals surface area contributed by atoms with E-state index in [-0.39, 0.29) is 10.8 Å². The maximum Gasteiger partial charge on any atom is 0.238 e. The first-order valence-electron chi connectivity index (χ1n) is 6.54. The lowest BCUT2D eigenvalue weighted by molar-refractivity contribution is 0.111. The molecule has 1 aliphatic rings. The molecule has 0 atom stereocenters. The second-order valence-electron chi connectivity index (χ2n) is 5.06. The van der Waals surface area contributed by atoms with Gasteiger partial charge >= 0.3 is 0 Å². The number of aldehydes is 1. The van der Waals surface area contributed by atoms with Gasteiger partial charge in [-0.05, 0) is 37.1 Å². The topological polar surface area (TPSA) is 108 Å². The number of carbonyl (C=O) groups excluding carboxylic acids is 1. The molecule has 0 radical (unpaired) electrons. The van der Waals surface area contributed by atoms with Crippen LogP contribution in [-0.2, 0) is 10.0 Å². The zero-order valence-corrected chi connectivity index (χ0v) is 12.0. The van der Waals surface area contributed by atoms with E-state index in [4.69, 9.17) is 5.14 Å². The number of sulfonamides is 1. The standard InChI is InChI=1S/C13H14N4O3S/c14-21(19,20)11-6-4-10(5-7-11)17-13(9-2-1-3-9)12(8-18)15-16-17/h4-9H,1-3H2,(H2,14,19,20). The molecular formula is C13H14N4O3S. The van der Waals surface area contributed by atoms with Crippen molar-refractivity contribution in [2.75, 3.05) is 0 Å². The molecule has 110 valence electrons. The van der Waals surface area contributed by atoms with Gasteiger partial charge in [-0.15, -0.1) is 5.10 Å². The van der Waals surface area contributed by atoms with Gasteiger partial charge in [0.05, 0.1) is 16.3 Å². The lowest BCUT2D eigenvalue weighted by Crippen LogP contribution is -2.16. The lowest BCUT2D eigenvalue weighted by Gasteiger charge is -2.26. The van der Waals surface area contributed by atoms with Crippen molar-refractivity contribution in [2.24, 2.45) is 5.14 Å². The van der Waals surface area contributed by atoms with E-state index in [1.54, 1.807) is 16.8 Å². The summed E-state index contributed by atoms with van der Waals surface area (Å²) in [5.41, 5.74) is 1.79. The number of rotatable bonds is 4. The highest BCUT2D eigenvalue weighted by Gasteiger charge is 2.28. The number of hydrogen-bond acceptors (Lipinski definition) is 5.